The van der Waals surface area contributed by atoms with Crippen LogP contribution in [0.25, 0.3) is 10.9 Å². The first-order valence-electron chi connectivity index (χ1n) is 11.6. The van der Waals surface area contributed by atoms with Crippen molar-refractivity contribution in [1.82, 2.24) is 14.9 Å². The van der Waals surface area contributed by atoms with Crippen molar-refractivity contribution in [3.8, 4) is 5.75 Å². The van der Waals surface area contributed by atoms with Crippen LogP contribution in [0.15, 0.2) is 42.7 Å². The van der Waals surface area contributed by atoms with E-state index >= 15 is 0 Å². The Morgan fingerprint density at radius 3 is 2.71 bits per heavy atom. The van der Waals surface area contributed by atoms with Gasteiger partial charge < -0.3 is 24.3 Å². The molecule has 0 aliphatic carbocycles. The van der Waals surface area contributed by atoms with Gasteiger partial charge in [0, 0.05) is 55.5 Å². The molecule has 1 aliphatic heterocycles. The topological polar surface area (TPSA) is 108 Å². The molecule has 2 aromatic heterocycles. The van der Waals surface area contributed by atoms with Crippen molar-refractivity contribution < 1.29 is 17.4 Å². The number of hydrogen-bond acceptors (Lipinski definition) is 7. The molecule has 4 rings (SSSR count). The average molecular weight is 486 g/mol. The number of H-pyrrole nitrogens is 1. The predicted molar refractivity (Wildman–Crippen MR) is 134 cm³/mol. The summed E-state index contributed by atoms with van der Waals surface area (Å²) < 4.78 is 28.0. The Bertz CT molecular complexity index is 1270. The van der Waals surface area contributed by atoms with Gasteiger partial charge in [0.15, 0.2) is 5.82 Å². The third-order valence-electron chi connectivity index (χ3n) is 6.09. The lowest BCUT2D eigenvalue weighted by Crippen LogP contribution is -2.47. The maximum atomic E-state index is 13.3. The number of anilines is 2. The Labute approximate surface area is 200 Å². The summed E-state index contributed by atoms with van der Waals surface area (Å²) in [6.07, 6.45) is 6.17. The number of likely N-dealkylation sites (tertiary alicyclic amines) is 1. The van der Waals surface area contributed by atoms with Crippen LogP contribution in [0.1, 0.15) is 37.0 Å². The van der Waals surface area contributed by atoms with Gasteiger partial charge in [0.2, 0.25) is 0 Å². The van der Waals surface area contributed by atoms with Crippen molar-refractivity contribution >= 4 is 38.4 Å². The zero-order chi connectivity index (χ0) is 24.3. The van der Waals surface area contributed by atoms with Gasteiger partial charge in [0.1, 0.15) is 5.75 Å². The van der Waals surface area contributed by atoms with E-state index in [1.807, 2.05) is 23.2 Å². The molecule has 0 atom stereocenters. The second-order valence-corrected chi connectivity index (χ2v) is 9.99. The lowest BCUT2D eigenvalue weighted by molar-refractivity contribution is 0.0714. The first-order valence-corrected chi connectivity index (χ1v) is 13.4. The minimum absolute atomic E-state index is 0.0737. The van der Waals surface area contributed by atoms with Gasteiger partial charge in [0.25, 0.3) is 5.91 Å². The summed E-state index contributed by atoms with van der Waals surface area (Å²) in [7, 11) is -3.65. The molecule has 34 heavy (non-hydrogen) atoms. The van der Waals surface area contributed by atoms with Gasteiger partial charge in [-0.25, -0.2) is 4.98 Å². The van der Waals surface area contributed by atoms with Gasteiger partial charge in [-0.2, -0.15) is 8.42 Å². The van der Waals surface area contributed by atoms with Crippen molar-refractivity contribution in [3.05, 3.63) is 48.3 Å². The summed E-state index contributed by atoms with van der Waals surface area (Å²) in [4.78, 5) is 25.2. The molecule has 9 nitrogen and oxygen atoms in total. The van der Waals surface area contributed by atoms with Crippen LogP contribution >= 0.6 is 0 Å². The third kappa shape index (κ3) is 5.11. The van der Waals surface area contributed by atoms with E-state index in [-0.39, 0.29) is 11.7 Å². The first kappa shape index (κ1) is 23.9. The van der Waals surface area contributed by atoms with E-state index in [9.17, 15) is 13.2 Å². The first-order chi connectivity index (χ1) is 16.3. The minimum Gasteiger partial charge on any atom is -0.383 e. The number of amides is 1. The normalized spacial score (nSPS) is 14.9. The lowest BCUT2D eigenvalue weighted by Gasteiger charge is -2.39. The molecule has 1 aliphatic rings. The van der Waals surface area contributed by atoms with Gasteiger partial charge in [-0.3, -0.25) is 4.79 Å². The molecule has 182 valence electrons. The van der Waals surface area contributed by atoms with Crippen LogP contribution in [0.2, 0.25) is 0 Å². The molecule has 0 bridgehead atoms. The highest BCUT2D eigenvalue weighted by Gasteiger charge is 2.29. The molecule has 0 radical (unpaired) electrons. The van der Waals surface area contributed by atoms with Crippen molar-refractivity contribution in [1.29, 1.82) is 0 Å². The van der Waals surface area contributed by atoms with E-state index < -0.39 is 10.1 Å². The number of aromatic nitrogens is 2. The molecule has 0 spiro atoms. The van der Waals surface area contributed by atoms with Crippen molar-refractivity contribution in [2.24, 2.45) is 0 Å². The van der Waals surface area contributed by atoms with E-state index in [2.05, 4.69) is 34.0 Å². The van der Waals surface area contributed by atoms with Crippen LogP contribution < -0.4 is 14.4 Å². The summed E-state index contributed by atoms with van der Waals surface area (Å²) in [5.41, 5.74) is 2.29. The minimum atomic E-state index is -3.65. The molecule has 1 aromatic carbocycles. The van der Waals surface area contributed by atoms with E-state index in [0.717, 1.165) is 49.2 Å². The Hall–Kier alpha value is -3.27. The molecule has 3 aromatic rings. The number of benzene rings is 1. The van der Waals surface area contributed by atoms with Crippen molar-refractivity contribution in [2.45, 2.75) is 32.7 Å². The molecule has 0 unspecified atom stereocenters. The van der Waals surface area contributed by atoms with Gasteiger partial charge in [-0.05, 0) is 57.0 Å². The summed E-state index contributed by atoms with van der Waals surface area (Å²) in [6, 6.07) is 9.15. The van der Waals surface area contributed by atoms with Gasteiger partial charge in [-0.1, -0.05) is 0 Å². The quantitative estimate of drug-likeness (QED) is 0.471. The standard InChI is InChI=1S/C24H31N5O4S/c1-4-25-22-7-6-12-26-23(22)29(5-2)17-10-13-28(14-11-17)24(30)20-16-27-21-9-8-18(15-19(20)21)33-34(3,31)32/h6-9,12,15-17,25,27H,4-5,10-11,13-14H2,1-3H3. The van der Waals surface area contributed by atoms with Crippen molar-refractivity contribution in [2.75, 3.05) is 42.7 Å². The summed E-state index contributed by atoms with van der Waals surface area (Å²) in [5.74, 6) is 1.06. The smallest absolute Gasteiger partial charge is 0.306 e. The van der Waals surface area contributed by atoms with E-state index in [1.54, 1.807) is 24.4 Å². The average Bonchev–Trinajstić information content (AvgIpc) is 3.23. The summed E-state index contributed by atoms with van der Waals surface area (Å²) >= 11 is 0. The number of rotatable bonds is 8. The van der Waals surface area contributed by atoms with Crippen LogP contribution in [0.5, 0.6) is 5.75 Å². The predicted octanol–water partition coefficient (Wildman–Crippen LogP) is 3.46. The van der Waals surface area contributed by atoms with Gasteiger partial charge in [-0.15, -0.1) is 0 Å². The SMILES string of the molecule is CCNc1cccnc1N(CC)C1CCN(C(=O)c2c[nH]c3ccc(OS(C)(=O)=O)cc23)CC1. The number of hydrogen-bond donors (Lipinski definition) is 2. The van der Waals surface area contributed by atoms with Crippen LogP contribution in [-0.4, -0.2) is 67.7 Å². The maximum absolute atomic E-state index is 13.3. The fourth-order valence-corrected chi connectivity index (χ4v) is 5.04. The lowest BCUT2D eigenvalue weighted by atomic mass is 10.0. The molecule has 2 N–H and O–H groups in total. The summed E-state index contributed by atoms with van der Waals surface area (Å²) in [6.45, 7) is 7.12. The monoisotopic (exact) mass is 485 g/mol. The third-order valence-corrected chi connectivity index (χ3v) is 6.59. The number of pyridine rings is 1. The number of nitrogens with one attached hydrogen (secondary N) is 2. The highest BCUT2D eigenvalue weighted by molar-refractivity contribution is 7.86. The second-order valence-electron chi connectivity index (χ2n) is 8.41. The van der Waals surface area contributed by atoms with Crippen molar-refractivity contribution in [3.63, 3.8) is 0 Å². The second kappa shape index (κ2) is 9.92. The molecule has 3 heterocycles. The molecule has 1 fully saturated rings. The highest BCUT2D eigenvalue weighted by atomic mass is 32.2. The molecule has 0 saturated carbocycles. The van der Waals surface area contributed by atoms with Gasteiger partial charge in [0.05, 0.1) is 17.5 Å². The van der Waals surface area contributed by atoms with Crippen LogP contribution in [0.4, 0.5) is 11.5 Å². The fourth-order valence-electron chi connectivity index (χ4n) is 4.59. The number of fused-ring (bicyclic) bond motifs is 1. The van der Waals surface area contributed by atoms with Crippen LogP contribution in [0.3, 0.4) is 0 Å². The molecule has 10 heteroatoms. The number of carbonyl (C=O) groups excluding carboxylic acids is 1. The van der Waals surface area contributed by atoms with E-state index in [0.29, 0.717) is 30.1 Å². The van der Waals surface area contributed by atoms with Crippen LogP contribution in [-0.2, 0) is 10.1 Å². The summed E-state index contributed by atoms with van der Waals surface area (Å²) in [5, 5.41) is 4.04. The Morgan fingerprint density at radius 2 is 2.03 bits per heavy atom. The number of piperidine rings is 1. The zero-order valence-electron chi connectivity index (χ0n) is 19.7. The number of nitrogens with zero attached hydrogens (tertiary/aromatic N) is 3. The molecular weight excluding hydrogens is 454 g/mol. The Kier molecular flexibility index (Phi) is 6.97. The van der Waals surface area contributed by atoms with Gasteiger partial charge >= 0.3 is 10.1 Å². The Balaban J connectivity index is 1.48. The molecule has 1 amide bonds. The number of aromatic amines is 1. The molecular formula is C24H31N5O4S. The van der Waals surface area contributed by atoms with Crippen LogP contribution in [0, 0.1) is 0 Å². The highest BCUT2D eigenvalue weighted by Crippen LogP contribution is 2.30. The Morgan fingerprint density at radius 1 is 1.26 bits per heavy atom. The van der Waals surface area contributed by atoms with E-state index in [1.165, 1.54) is 0 Å². The molecule has 1 saturated heterocycles. The zero-order valence-corrected chi connectivity index (χ0v) is 20.6. The van der Waals surface area contributed by atoms with E-state index in [4.69, 9.17) is 4.18 Å². The largest absolute Gasteiger partial charge is 0.383 e. The maximum Gasteiger partial charge on any atom is 0.306 e. The number of carbonyl (C=O) groups is 1. The fraction of sp³-hybridized carbons (Fsp3) is 0.417.